The van der Waals surface area contributed by atoms with Crippen LogP contribution in [0.1, 0.15) is 19.5 Å². The molecule has 1 aromatic rings. The number of ether oxygens (including phenoxy) is 2. The topological polar surface area (TPSA) is 71.3 Å². The Morgan fingerprint density at radius 1 is 1.21 bits per heavy atom. The average Bonchev–Trinajstić information content (AvgIpc) is 2.46. The zero-order chi connectivity index (χ0) is 13.9. The molecule has 6 heteroatoms. The Hall–Kier alpha value is -1.71. The molecule has 6 nitrogen and oxygen atoms in total. The molecule has 0 atom stereocenters. The van der Waals surface area contributed by atoms with Crippen LogP contribution in [0.5, 0.6) is 0 Å². The van der Waals surface area contributed by atoms with Crippen LogP contribution in [0.15, 0.2) is 12.3 Å². The Morgan fingerprint density at radius 3 is 2.37 bits per heavy atom. The Bertz CT molecular complexity index is 396. The third kappa shape index (κ3) is 5.64. The molecule has 0 amide bonds. The Balaban J connectivity index is 2.66. The fourth-order valence-electron chi connectivity index (χ4n) is 1.51. The predicted molar refractivity (Wildman–Crippen MR) is 71.9 cm³/mol. The van der Waals surface area contributed by atoms with Gasteiger partial charge in [-0.3, -0.25) is 0 Å². The quantitative estimate of drug-likeness (QED) is 0.625. The number of anilines is 1. The second-order valence-corrected chi connectivity index (χ2v) is 3.73. The summed E-state index contributed by atoms with van der Waals surface area (Å²) in [4.78, 5) is 10.4. The van der Waals surface area contributed by atoms with E-state index in [2.05, 4.69) is 9.97 Å². The normalized spacial score (nSPS) is 10.2. The highest BCUT2D eigenvalue weighted by atomic mass is 16.5. The van der Waals surface area contributed by atoms with Crippen molar-refractivity contribution >= 4 is 5.95 Å². The molecule has 1 aromatic heterocycles. The molecule has 0 aliphatic heterocycles. The van der Waals surface area contributed by atoms with Gasteiger partial charge in [0.25, 0.3) is 0 Å². The lowest BCUT2D eigenvalue weighted by Gasteiger charge is -2.22. The zero-order valence-electron chi connectivity index (χ0n) is 11.5. The van der Waals surface area contributed by atoms with E-state index in [9.17, 15) is 0 Å². The van der Waals surface area contributed by atoms with Crippen molar-refractivity contribution in [3.8, 4) is 6.07 Å². The van der Waals surface area contributed by atoms with Crippen LogP contribution >= 0.6 is 0 Å². The van der Waals surface area contributed by atoms with Gasteiger partial charge in [0.1, 0.15) is 11.8 Å². The van der Waals surface area contributed by atoms with Crippen LogP contribution in [0.4, 0.5) is 5.95 Å². The Morgan fingerprint density at radius 2 is 1.84 bits per heavy atom. The maximum absolute atomic E-state index is 8.86. The molecule has 0 aliphatic carbocycles. The molecule has 0 saturated heterocycles. The minimum absolute atomic E-state index is 0.364. The van der Waals surface area contributed by atoms with E-state index in [0.717, 1.165) is 0 Å². The van der Waals surface area contributed by atoms with Crippen LogP contribution in [0.2, 0.25) is 0 Å². The van der Waals surface area contributed by atoms with Gasteiger partial charge in [-0.2, -0.15) is 5.26 Å². The summed E-state index contributed by atoms with van der Waals surface area (Å²) in [6.07, 6.45) is 1.59. The van der Waals surface area contributed by atoms with Gasteiger partial charge in [0, 0.05) is 32.5 Å². The van der Waals surface area contributed by atoms with Gasteiger partial charge < -0.3 is 14.4 Å². The van der Waals surface area contributed by atoms with Crippen molar-refractivity contribution in [1.82, 2.24) is 9.97 Å². The molecule has 0 radical (unpaired) electrons. The molecule has 0 fully saturated rings. The molecule has 0 aromatic carbocycles. The second kappa shape index (κ2) is 9.25. The number of rotatable bonds is 9. The predicted octanol–water partition coefficient (Wildman–Crippen LogP) is 1.23. The van der Waals surface area contributed by atoms with Crippen LogP contribution in [-0.2, 0) is 9.47 Å². The van der Waals surface area contributed by atoms with Crippen LogP contribution in [0, 0.1) is 11.3 Å². The molecular weight excluding hydrogens is 244 g/mol. The van der Waals surface area contributed by atoms with E-state index in [1.165, 1.54) is 0 Å². The van der Waals surface area contributed by atoms with Crippen LogP contribution < -0.4 is 4.90 Å². The largest absolute Gasteiger partial charge is 0.380 e. The molecule has 0 saturated carbocycles. The van der Waals surface area contributed by atoms with Crippen molar-refractivity contribution in [3.05, 3.63) is 18.0 Å². The summed E-state index contributed by atoms with van der Waals surface area (Å²) < 4.78 is 10.7. The van der Waals surface area contributed by atoms with Gasteiger partial charge in [-0.05, 0) is 19.9 Å². The van der Waals surface area contributed by atoms with Crippen LogP contribution in [0.25, 0.3) is 0 Å². The summed E-state index contributed by atoms with van der Waals surface area (Å²) >= 11 is 0. The fourth-order valence-corrected chi connectivity index (χ4v) is 1.51. The van der Waals surface area contributed by atoms with E-state index < -0.39 is 0 Å². The minimum Gasteiger partial charge on any atom is -0.380 e. The number of nitrogens with zero attached hydrogens (tertiary/aromatic N) is 4. The van der Waals surface area contributed by atoms with Gasteiger partial charge in [-0.15, -0.1) is 0 Å². The van der Waals surface area contributed by atoms with Crippen molar-refractivity contribution < 1.29 is 9.47 Å². The average molecular weight is 264 g/mol. The number of hydrogen-bond acceptors (Lipinski definition) is 6. The molecule has 19 heavy (non-hydrogen) atoms. The number of hydrogen-bond donors (Lipinski definition) is 0. The first-order valence-corrected chi connectivity index (χ1v) is 6.45. The smallest absolute Gasteiger partial charge is 0.226 e. The van der Waals surface area contributed by atoms with Crippen LogP contribution in [-0.4, -0.2) is 49.5 Å². The van der Waals surface area contributed by atoms with Gasteiger partial charge in [-0.1, -0.05) is 0 Å². The van der Waals surface area contributed by atoms with Gasteiger partial charge in [0.2, 0.25) is 5.95 Å². The Kier molecular flexibility index (Phi) is 7.47. The monoisotopic (exact) mass is 264 g/mol. The van der Waals surface area contributed by atoms with E-state index in [1.807, 2.05) is 24.8 Å². The van der Waals surface area contributed by atoms with Crippen molar-refractivity contribution in [2.24, 2.45) is 0 Å². The van der Waals surface area contributed by atoms with Gasteiger partial charge in [0.05, 0.1) is 13.2 Å². The first-order chi connectivity index (χ1) is 9.31. The van der Waals surface area contributed by atoms with E-state index >= 15 is 0 Å². The lowest BCUT2D eigenvalue weighted by atomic mass is 10.4. The van der Waals surface area contributed by atoms with Crippen molar-refractivity contribution in [2.45, 2.75) is 13.8 Å². The molecule has 104 valence electrons. The van der Waals surface area contributed by atoms with E-state index in [-0.39, 0.29) is 0 Å². The van der Waals surface area contributed by atoms with Crippen molar-refractivity contribution in [1.29, 1.82) is 5.26 Å². The third-order valence-electron chi connectivity index (χ3n) is 2.46. The molecule has 0 unspecified atom stereocenters. The highest BCUT2D eigenvalue weighted by Crippen LogP contribution is 2.07. The molecule has 0 aliphatic rings. The molecular formula is C13H20N4O2. The summed E-state index contributed by atoms with van der Waals surface area (Å²) in [5.74, 6) is 0.540. The first-order valence-electron chi connectivity index (χ1n) is 6.45. The standard InChI is InChI=1S/C13H20N4O2/c1-3-18-9-7-17(8-10-19-4-2)13-15-6-5-12(11-14)16-13/h5-6H,3-4,7-10H2,1-2H3. The van der Waals surface area contributed by atoms with Crippen LogP contribution in [0.3, 0.4) is 0 Å². The lowest BCUT2D eigenvalue weighted by molar-refractivity contribution is 0.141. The third-order valence-corrected chi connectivity index (χ3v) is 2.46. The fraction of sp³-hybridized carbons (Fsp3) is 0.615. The van der Waals surface area contributed by atoms with E-state index in [4.69, 9.17) is 14.7 Å². The summed E-state index contributed by atoms with van der Waals surface area (Å²) in [6.45, 7) is 7.82. The molecule has 0 spiro atoms. The van der Waals surface area contributed by atoms with Crippen molar-refractivity contribution in [2.75, 3.05) is 44.4 Å². The number of aromatic nitrogens is 2. The molecule has 1 heterocycles. The highest BCUT2D eigenvalue weighted by Gasteiger charge is 2.10. The SMILES string of the molecule is CCOCCN(CCOCC)c1nccc(C#N)n1. The summed E-state index contributed by atoms with van der Waals surface area (Å²) in [5, 5.41) is 8.86. The summed E-state index contributed by atoms with van der Waals surface area (Å²) in [6, 6.07) is 3.61. The molecule has 1 rings (SSSR count). The zero-order valence-corrected chi connectivity index (χ0v) is 11.5. The maximum atomic E-state index is 8.86. The van der Waals surface area contributed by atoms with Gasteiger partial charge in [0.15, 0.2) is 0 Å². The minimum atomic E-state index is 0.364. The Labute approximate surface area is 114 Å². The maximum Gasteiger partial charge on any atom is 0.226 e. The molecule has 0 N–H and O–H groups in total. The number of nitriles is 1. The van der Waals surface area contributed by atoms with Gasteiger partial charge >= 0.3 is 0 Å². The second-order valence-electron chi connectivity index (χ2n) is 3.73. The lowest BCUT2D eigenvalue weighted by Crippen LogP contribution is -2.32. The molecule has 0 bridgehead atoms. The highest BCUT2D eigenvalue weighted by molar-refractivity contribution is 5.33. The van der Waals surface area contributed by atoms with Gasteiger partial charge in [-0.25, -0.2) is 9.97 Å². The summed E-state index contributed by atoms with van der Waals surface area (Å²) in [7, 11) is 0. The van der Waals surface area contributed by atoms with E-state index in [1.54, 1.807) is 12.3 Å². The first kappa shape index (κ1) is 15.3. The summed E-state index contributed by atoms with van der Waals surface area (Å²) in [5.41, 5.74) is 0.364. The van der Waals surface area contributed by atoms with E-state index in [0.29, 0.717) is 51.2 Å². The van der Waals surface area contributed by atoms with Crippen molar-refractivity contribution in [3.63, 3.8) is 0 Å².